The molecule has 0 amide bonds. The number of carboxylic acids is 1. The lowest BCUT2D eigenvalue weighted by Gasteiger charge is -2.57. The molecule has 0 radical (unpaired) electrons. The summed E-state index contributed by atoms with van der Waals surface area (Å²) in [4.78, 5) is 24.0. The molecule has 1 saturated heterocycles. The van der Waals surface area contributed by atoms with Crippen LogP contribution in [-0.4, -0.2) is 83.3 Å². The normalized spacial score (nSPS) is 35.1. The SMILES string of the molecule is CC(=O)c1c(C)c(O)c2cc(C(=O)O)cc(OC3OC4C5(O)CCCC5CCC4(O)C(O)C3O)c2c1O. The van der Waals surface area contributed by atoms with E-state index in [0.717, 1.165) is 12.1 Å². The summed E-state index contributed by atoms with van der Waals surface area (Å²) in [6.07, 6.45) is -4.36. The summed E-state index contributed by atoms with van der Waals surface area (Å²) in [6.45, 7) is 2.58. The zero-order chi connectivity index (χ0) is 27.0. The maximum Gasteiger partial charge on any atom is 0.335 e. The summed E-state index contributed by atoms with van der Waals surface area (Å²) in [5.74, 6) is -3.49. The number of fused-ring (bicyclic) bond motifs is 4. The monoisotopic (exact) mass is 518 g/mol. The molecule has 7 N–H and O–H groups in total. The van der Waals surface area contributed by atoms with Crippen LogP contribution in [0.2, 0.25) is 0 Å². The van der Waals surface area contributed by atoms with Gasteiger partial charge in [-0.2, -0.15) is 0 Å². The van der Waals surface area contributed by atoms with Gasteiger partial charge in [0.05, 0.1) is 22.1 Å². The average Bonchev–Trinajstić information content (AvgIpc) is 3.23. The van der Waals surface area contributed by atoms with E-state index in [0.29, 0.717) is 25.7 Å². The minimum Gasteiger partial charge on any atom is -0.507 e. The first-order valence-electron chi connectivity index (χ1n) is 12.2. The van der Waals surface area contributed by atoms with Crippen molar-refractivity contribution in [3.05, 3.63) is 28.8 Å². The van der Waals surface area contributed by atoms with E-state index in [-0.39, 0.29) is 45.6 Å². The van der Waals surface area contributed by atoms with Gasteiger partial charge in [0.15, 0.2) is 5.78 Å². The molecule has 2 aromatic carbocycles. The molecule has 2 aliphatic carbocycles. The smallest absolute Gasteiger partial charge is 0.335 e. The van der Waals surface area contributed by atoms with Crippen LogP contribution in [0.3, 0.4) is 0 Å². The third-order valence-corrected chi connectivity index (χ3v) is 8.43. The number of phenolic OH excluding ortho intramolecular Hbond substituents is 2. The number of hydrogen-bond acceptors (Lipinski definition) is 10. The Hall–Kier alpha value is -2.96. The topological polar surface area (TPSA) is 194 Å². The lowest BCUT2D eigenvalue weighted by atomic mass is 9.64. The molecule has 1 heterocycles. The largest absolute Gasteiger partial charge is 0.507 e. The van der Waals surface area contributed by atoms with Crippen molar-refractivity contribution in [1.82, 2.24) is 0 Å². The number of aromatic hydroxyl groups is 2. The molecular weight excluding hydrogens is 488 g/mol. The Morgan fingerprint density at radius 3 is 2.41 bits per heavy atom. The average molecular weight is 519 g/mol. The quantitative estimate of drug-likeness (QED) is 0.228. The van der Waals surface area contributed by atoms with Gasteiger partial charge in [-0.05, 0) is 57.6 Å². The van der Waals surface area contributed by atoms with Crippen molar-refractivity contribution >= 4 is 22.5 Å². The van der Waals surface area contributed by atoms with Crippen LogP contribution in [-0.2, 0) is 4.74 Å². The van der Waals surface area contributed by atoms with E-state index in [1.165, 1.54) is 13.8 Å². The van der Waals surface area contributed by atoms with E-state index in [2.05, 4.69) is 0 Å². The molecule has 7 unspecified atom stereocenters. The molecule has 11 nitrogen and oxygen atoms in total. The molecule has 37 heavy (non-hydrogen) atoms. The highest BCUT2D eigenvalue weighted by Gasteiger charge is 2.67. The third kappa shape index (κ3) is 3.60. The number of hydrogen-bond donors (Lipinski definition) is 7. The summed E-state index contributed by atoms with van der Waals surface area (Å²) in [6, 6.07) is 2.13. The van der Waals surface area contributed by atoms with Crippen molar-refractivity contribution in [2.24, 2.45) is 5.92 Å². The van der Waals surface area contributed by atoms with Crippen molar-refractivity contribution < 1.29 is 54.8 Å². The molecule has 0 aromatic heterocycles. The Morgan fingerprint density at radius 2 is 1.76 bits per heavy atom. The van der Waals surface area contributed by atoms with Gasteiger partial charge >= 0.3 is 5.97 Å². The minimum atomic E-state index is -1.95. The molecule has 2 aromatic rings. The van der Waals surface area contributed by atoms with Crippen LogP contribution in [0, 0.1) is 12.8 Å². The molecule has 3 fully saturated rings. The van der Waals surface area contributed by atoms with Gasteiger partial charge < -0.3 is 45.2 Å². The van der Waals surface area contributed by atoms with Crippen LogP contribution >= 0.6 is 0 Å². The van der Waals surface area contributed by atoms with E-state index >= 15 is 0 Å². The van der Waals surface area contributed by atoms with E-state index in [1.807, 2.05) is 0 Å². The predicted octanol–water partition coefficient (Wildman–Crippen LogP) is 1.34. The van der Waals surface area contributed by atoms with E-state index in [9.17, 15) is 45.3 Å². The standard InChI is InChI=1S/C26H30O11/c1-10-16(11(2)27)19(29)17-14(18(10)28)8-12(22(32)33)9-15(17)36-23-20(30)21(31)26(35)7-5-13-4-3-6-25(13,34)24(26)37-23/h8-9,13,20-21,23-24,28-31,34-35H,3-7H2,1-2H3,(H,32,33). The summed E-state index contributed by atoms with van der Waals surface area (Å²) >= 11 is 0. The van der Waals surface area contributed by atoms with Crippen molar-refractivity contribution in [3.8, 4) is 17.2 Å². The molecule has 1 aliphatic heterocycles. The Kier molecular flexibility index (Phi) is 5.92. The van der Waals surface area contributed by atoms with Gasteiger partial charge in [0.1, 0.15) is 41.2 Å². The number of Topliss-reactive ketones (excluding diaryl/α,β-unsaturated/α-hetero) is 1. The molecule has 200 valence electrons. The maximum absolute atomic E-state index is 12.2. The molecule has 0 spiro atoms. The first kappa shape index (κ1) is 25.7. The second-order valence-corrected chi connectivity index (χ2v) is 10.5. The fourth-order valence-corrected chi connectivity index (χ4v) is 6.53. The molecule has 3 aliphatic rings. The summed E-state index contributed by atoms with van der Waals surface area (Å²) < 4.78 is 11.8. The summed E-state index contributed by atoms with van der Waals surface area (Å²) in [5, 5.41) is 75.6. The molecule has 5 rings (SSSR count). The number of carboxylic acid groups (broad SMARTS) is 1. The Balaban J connectivity index is 1.64. The zero-order valence-corrected chi connectivity index (χ0v) is 20.3. The first-order valence-corrected chi connectivity index (χ1v) is 12.2. The maximum atomic E-state index is 12.2. The highest BCUT2D eigenvalue weighted by molar-refractivity contribution is 6.11. The number of carbonyl (C=O) groups is 2. The van der Waals surface area contributed by atoms with Gasteiger partial charge in [-0.15, -0.1) is 0 Å². The number of aliphatic hydroxyl groups is 4. The van der Waals surface area contributed by atoms with Crippen LogP contribution in [0.1, 0.15) is 65.3 Å². The lowest BCUT2D eigenvalue weighted by molar-refractivity contribution is -0.355. The fourth-order valence-electron chi connectivity index (χ4n) is 6.53. The fraction of sp³-hybridized carbons (Fsp3) is 0.538. The van der Waals surface area contributed by atoms with Crippen LogP contribution in [0.25, 0.3) is 10.8 Å². The van der Waals surface area contributed by atoms with Gasteiger partial charge in [-0.25, -0.2) is 4.79 Å². The Bertz CT molecular complexity index is 1310. The van der Waals surface area contributed by atoms with Gasteiger partial charge in [0.2, 0.25) is 6.29 Å². The number of carbonyl (C=O) groups excluding carboxylic acids is 1. The zero-order valence-electron chi connectivity index (χ0n) is 20.3. The van der Waals surface area contributed by atoms with E-state index in [4.69, 9.17) is 9.47 Å². The molecule has 0 bridgehead atoms. The van der Waals surface area contributed by atoms with E-state index < -0.39 is 59.1 Å². The molecule has 7 atom stereocenters. The van der Waals surface area contributed by atoms with Crippen LogP contribution in [0.15, 0.2) is 12.1 Å². The Morgan fingerprint density at radius 1 is 1.05 bits per heavy atom. The highest BCUT2D eigenvalue weighted by atomic mass is 16.7. The number of aliphatic hydroxyl groups excluding tert-OH is 2. The van der Waals surface area contributed by atoms with Gasteiger partial charge in [-0.3, -0.25) is 4.79 Å². The van der Waals surface area contributed by atoms with Crippen molar-refractivity contribution in [1.29, 1.82) is 0 Å². The van der Waals surface area contributed by atoms with Crippen molar-refractivity contribution in [3.63, 3.8) is 0 Å². The number of rotatable bonds is 4. The first-order chi connectivity index (χ1) is 17.3. The highest BCUT2D eigenvalue weighted by Crippen LogP contribution is 2.54. The lowest BCUT2D eigenvalue weighted by Crippen LogP contribution is -2.75. The van der Waals surface area contributed by atoms with Gasteiger partial charge in [0.25, 0.3) is 0 Å². The summed E-state index contributed by atoms with van der Waals surface area (Å²) in [5.41, 5.74) is -3.91. The predicted molar refractivity (Wildman–Crippen MR) is 127 cm³/mol. The second-order valence-electron chi connectivity index (χ2n) is 10.5. The van der Waals surface area contributed by atoms with Crippen molar-refractivity contribution in [2.45, 2.75) is 81.8 Å². The number of ether oxygens (including phenoxy) is 2. The van der Waals surface area contributed by atoms with E-state index in [1.54, 1.807) is 0 Å². The minimum absolute atomic E-state index is 0.0390. The summed E-state index contributed by atoms with van der Waals surface area (Å²) in [7, 11) is 0. The van der Waals surface area contributed by atoms with Crippen LogP contribution in [0.5, 0.6) is 17.2 Å². The number of ketones is 1. The molecule has 2 saturated carbocycles. The second kappa shape index (κ2) is 8.53. The van der Waals surface area contributed by atoms with Crippen LogP contribution in [0.4, 0.5) is 0 Å². The van der Waals surface area contributed by atoms with Crippen molar-refractivity contribution in [2.75, 3.05) is 0 Å². The number of aromatic carboxylic acids is 1. The molecule has 11 heteroatoms. The van der Waals surface area contributed by atoms with Gasteiger partial charge in [-0.1, -0.05) is 6.42 Å². The van der Waals surface area contributed by atoms with Gasteiger partial charge in [0, 0.05) is 10.9 Å². The Labute approximate surface area is 211 Å². The number of phenols is 2. The third-order valence-electron chi connectivity index (χ3n) is 8.43. The van der Waals surface area contributed by atoms with Crippen LogP contribution < -0.4 is 4.74 Å². The number of benzene rings is 2. The molecular formula is C26H30O11.